The van der Waals surface area contributed by atoms with Crippen LogP contribution in [-0.2, 0) is 0 Å². The molecular formula is C16H18N8O2. The Morgan fingerprint density at radius 1 is 1.19 bits per heavy atom. The van der Waals surface area contributed by atoms with Crippen molar-refractivity contribution in [3.8, 4) is 22.7 Å². The first-order valence-electron chi connectivity index (χ1n) is 8.23. The molecule has 0 bridgehead atoms. The molecule has 1 atom stereocenters. The summed E-state index contributed by atoms with van der Waals surface area (Å²) in [5, 5.41) is 39.3. The minimum Gasteiger partial charge on any atom is -0.507 e. The molecule has 1 aliphatic heterocycles. The molecule has 10 heteroatoms. The molecule has 4 rings (SSSR count). The van der Waals surface area contributed by atoms with Crippen LogP contribution in [0.4, 0.5) is 5.95 Å². The molecule has 3 aromatic rings. The van der Waals surface area contributed by atoms with Gasteiger partial charge in [-0.15, -0.1) is 10.2 Å². The fourth-order valence-corrected chi connectivity index (χ4v) is 2.88. The molecule has 10 nitrogen and oxygen atoms in total. The molecule has 0 amide bonds. The van der Waals surface area contributed by atoms with E-state index in [0.29, 0.717) is 29.4 Å². The molecular weight excluding hydrogens is 336 g/mol. The van der Waals surface area contributed by atoms with Gasteiger partial charge in [-0.25, -0.2) is 4.98 Å². The maximum atomic E-state index is 10.3. The summed E-state index contributed by atoms with van der Waals surface area (Å²) in [6.45, 7) is 2.18. The van der Waals surface area contributed by atoms with E-state index in [1.807, 2.05) is 4.90 Å². The van der Waals surface area contributed by atoms with E-state index in [-0.39, 0.29) is 18.4 Å². The van der Waals surface area contributed by atoms with Gasteiger partial charge in [0.1, 0.15) is 11.4 Å². The molecule has 0 aliphatic carbocycles. The highest BCUT2D eigenvalue weighted by molar-refractivity contribution is 5.67. The lowest BCUT2D eigenvalue weighted by Gasteiger charge is -2.32. The third kappa shape index (κ3) is 3.19. The van der Waals surface area contributed by atoms with Crippen molar-refractivity contribution < 1.29 is 10.2 Å². The first kappa shape index (κ1) is 16.4. The minimum absolute atomic E-state index is 0.000444. The summed E-state index contributed by atoms with van der Waals surface area (Å²) in [5.74, 6) is 0.553. The topological polar surface area (TPSA) is 125 Å². The smallest absolute Gasteiger partial charge is 0.245 e. The summed E-state index contributed by atoms with van der Waals surface area (Å²) in [6, 6.07) is 5.07. The van der Waals surface area contributed by atoms with Crippen molar-refractivity contribution in [2.24, 2.45) is 0 Å². The highest BCUT2D eigenvalue weighted by Crippen LogP contribution is 2.29. The van der Waals surface area contributed by atoms with Gasteiger partial charge in [0.25, 0.3) is 0 Å². The second-order valence-corrected chi connectivity index (χ2v) is 5.94. The number of nitrogens with zero attached hydrogens (tertiary/aromatic N) is 7. The van der Waals surface area contributed by atoms with E-state index in [9.17, 15) is 10.2 Å². The molecule has 1 fully saturated rings. The Kier molecular flexibility index (Phi) is 4.42. The predicted molar refractivity (Wildman–Crippen MR) is 92.9 cm³/mol. The van der Waals surface area contributed by atoms with Gasteiger partial charge in [-0.2, -0.15) is 15.0 Å². The number of aliphatic hydroxyl groups is 1. The molecule has 0 radical (unpaired) electrons. The number of phenols is 1. The van der Waals surface area contributed by atoms with Gasteiger partial charge in [0, 0.05) is 37.3 Å². The molecule has 1 saturated heterocycles. The average molecular weight is 354 g/mol. The number of aliphatic hydroxyl groups excluding tert-OH is 1. The molecule has 2 aromatic heterocycles. The third-order valence-corrected chi connectivity index (χ3v) is 4.22. The third-order valence-electron chi connectivity index (χ3n) is 4.22. The van der Waals surface area contributed by atoms with Gasteiger partial charge in [0.2, 0.25) is 5.95 Å². The monoisotopic (exact) mass is 354 g/mol. The standard InChI is InChI=1S/C16H18N8O2/c25-10-11-9-23(6-5-17-11)16-18-8-14(21-22-16)13-2-1-12(7-15(13)26)24-19-3-4-20-24/h1-4,7-8,11,17,25-26H,5-6,9-10H2/t11-/m0/s1. The first-order valence-corrected chi connectivity index (χ1v) is 8.23. The lowest BCUT2D eigenvalue weighted by atomic mass is 10.1. The average Bonchev–Trinajstić information content (AvgIpc) is 3.23. The van der Waals surface area contributed by atoms with Crippen LogP contribution in [-0.4, -0.2) is 72.7 Å². The Morgan fingerprint density at radius 3 is 2.73 bits per heavy atom. The molecule has 134 valence electrons. The van der Waals surface area contributed by atoms with E-state index in [0.717, 1.165) is 13.1 Å². The fraction of sp³-hybridized carbons (Fsp3) is 0.312. The number of hydrogen-bond donors (Lipinski definition) is 3. The molecule has 0 saturated carbocycles. The minimum atomic E-state index is -0.000444. The van der Waals surface area contributed by atoms with Crippen molar-refractivity contribution in [2.45, 2.75) is 6.04 Å². The van der Waals surface area contributed by atoms with Crippen molar-refractivity contribution in [3.63, 3.8) is 0 Å². The van der Waals surface area contributed by atoms with Crippen LogP contribution in [0.1, 0.15) is 0 Å². The van der Waals surface area contributed by atoms with Gasteiger partial charge in [-0.05, 0) is 12.1 Å². The van der Waals surface area contributed by atoms with Gasteiger partial charge in [-0.3, -0.25) is 0 Å². The molecule has 0 unspecified atom stereocenters. The molecule has 3 N–H and O–H groups in total. The SMILES string of the molecule is OC[C@@H]1CN(c2ncc(-c3ccc(-n4nccn4)cc3O)nn2)CCN1. The van der Waals surface area contributed by atoms with Crippen molar-refractivity contribution in [2.75, 3.05) is 31.1 Å². The number of anilines is 1. The molecule has 0 spiro atoms. The zero-order valence-electron chi connectivity index (χ0n) is 13.9. The van der Waals surface area contributed by atoms with Gasteiger partial charge >= 0.3 is 0 Å². The van der Waals surface area contributed by atoms with Crippen molar-refractivity contribution >= 4 is 5.95 Å². The number of hydrogen-bond acceptors (Lipinski definition) is 9. The maximum Gasteiger partial charge on any atom is 0.245 e. The van der Waals surface area contributed by atoms with Gasteiger partial charge < -0.3 is 20.4 Å². The Balaban J connectivity index is 1.55. The van der Waals surface area contributed by atoms with E-state index in [4.69, 9.17) is 0 Å². The van der Waals surface area contributed by atoms with Crippen LogP contribution in [0.25, 0.3) is 16.9 Å². The molecule has 1 aliphatic rings. The van der Waals surface area contributed by atoms with E-state index in [1.165, 1.54) is 4.80 Å². The van der Waals surface area contributed by atoms with Crippen LogP contribution >= 0.6 is 0 Å². The quantitative estimate of drug-likeness (QED) is 0.573. The van der Waals surface area contributed by atoms with Crippen LogP contribution < -0.4 is 10.2 Å². The Hall–Kier alpha value is -3.11. The fourth-order valence-electron chi connectivity index (χ4n) is 2.88. The van der Waals surface area contributed by atoms with Gasteiger partial charge in [-0.1, -0.05) is 0 Å². The molecule has 26 heavy (non-hydrogen) atoms. The van der Waals surface area contributed by atoms with Crippen LogP contribution in [0.5, 0.6) is 5.75 Å². The van der Waals surface area contributed by atoms with Gasteiger partial charge in [0.15, 0.2) is 0 Å². The maximum absolute atomic E-state index is 10.3. The number of phenolic OH excluding ortho intramolecular Hbond substituents is 1. The first-order chi connectivity index (χ1) is 12.7. The van der Waals surface area contributed by atoms with Crippen LogP contribution in [0.2, 0.25) is 0 Å². The van der Waals surface area contributed by atoms with Crippen LogP contribution in [0.15, 0.2) is 36.8 Å². The number of aromatic nitrogens is 6. The largest absolute Gasteiger partial charge is 0.507 e. The number of piperazine rings is 1. The lowest BCUT2D eigenvalue weighted by Crippen LogP contribution is -2.52. The summed E-state index contributed by atoms with van der Waals surface area (Å²) >= 11 is 0. The van der Waals surface area contributed by atoms with E-state index < -0.39 is 0 Å². The second-order valence-electron chi connectivity index (χ2n) is 5.94. The highest BCUT2D eigenvalue weighted by Gasteiger charge is 2.21. The Labute approximate surface area is 149 Å². The summed E-state index contributed by atoms with van der Waals surface area (Å²) in [6.07, 6.45) is 4.71. The summed E-state index contributed by atoms with van der Waals surface area (Å²) in [7, 11) is 0. The zero-order chi connectivity index (χ0) is 17.9. The lowest BCUT2D eigenvalue weighted by molar-refractivity contribution is 0.235. The molecule has 1 aromatic carbocycles. The predicted octanol–water partition coefficient (Wildman–Crippen LogP) is -0.405. The van der Waals surface area contributed by atoms with E-state index >= 15 is 0 Å². The van der Waals surface area contributed by atoms with E-state index in [1.54, 1.807) is 36.8 Å². The number of nitrogens with one attached hydrogen (secondary N) is 1. The van der Waals surface area contributed by atoms with Crippen LogP contribution in [0, 0.1) is 0 Å². The summed E-state index contributed by atoms with van der Waals surface area (Å²) in [5.41, 5.74) is 1.64. The number of aromatic hydroxyl groups is 1. The highest BCUT2D eigenvalue weighted by atomic mass is 16.3. The van der Waals surface area contributed by atoms with Crippen molar-refractivity contribution in [1.82, 2.24) is 35.5 Å². The van der Waals surface area contributed by atoms with Crippen molar-refractivity contribution in [1.29, 1.82) is 0 Å². The van der Waals surface area contributed by atoms with Crippen molar-refractivity contribution in [3.05, 3.63) is 36.8 Å². The Morgan fingerprint density at radius 2 is 2.04 bits per heavy atom. The normalized spacial score (nSPS) is 17.4. The molecule has 3 heterocycles. The Bertz CT molecular complexity index is 868. The number of rotatable bonds is 4. The summed E-state index contributed by atoms with van der Waals surface area (Å²) in [4.78, 5) is 7.75. The van der Waals surface area contributed by atoms with E-state index in [2.05, 4.69) is 30.7 Å². The second kappa shape index (κ2) is 7.02. The zero-order valence-corrected chi connectivity index (χ0v) is 13.9. The van der Waals surface area contributed by atoms with Crippen LogP contribution in [0.3, 0.4) is 0 Å². The summed E-state index contributed by atoms with van der Waals surface area (Å²) < 4.78 is 0. The van der Waals surface area contributed by atoms with Gasteiger partial charge in [0.05, 0.1) is 30.9 Å². The number of benzene rings is 1.